The Labute approximate surface area is 102 Å². The number of fused-ring (bicyclic) bond motifs is 2. The van der Waals surface area contributed by atoms with Crippen LogP contribution in [0.1, 0.15) is 38.5 Å². The molecule has 3 aliphatic heterocycles. The fourth-order valence-corrected chi connectivity index (χ4v) is 3.73. The first kappa shape index (κ1) is 11.5. The van der Waals surface area contributed by atoms with E-state index in [0.717, 1.165) is 51.7 Å². The fourth-order valence-electron chi connectivity index (χ4n) is 3.73. The van der Waals surface area contributed by atoms with Crippen molar-refractivity contribution in [3.8, 4) is 0 Å². The molecule has 0 aromatic carbocycles. The SMILES string of the molecule is NC1CC2CCC(C1)N2C(=O)C1CCOCC1. The van der Waals surface area contributed by atoms with Crippen LogP contribution in [0, 0.1) is 5.92 Å². The largest absolute Gasteiger partial charge is 0.381 e. The zero-order chi connectivity index (χ0) is 11.8. The average Bonchev–Trinajstić information content (AvgIpc) is 2.62. The predicted molar refractivity (Wildman–Crippen MR) is 64.4 cm³/mol. The standard InChI is InChI=1S/C13H22N2O2/c14-10-7-11-1-2-12(8-10)15(11)13(16)9-3-5-17-6-4-9/h9-12H,1-8,14H2. The summed E-state index contributed by atoms with van der Waals surface area (Å²) < 4.78 is 5.33. The highest BCUT2D eigenvalue weighted by atomic mass is 16.5. The van der Waals surface area contributed by atoms with Crippen molar-refractivity contribution in [3.05, 3.63) is 0 Å². The lowest BCUT2D eigenvalue weighted by Gasteiger charge is -2.40. The highest BCUT2D eigenvalue weighted by Gasteiger charge is 2.43. The lowest BCUT2D eigenvalue weighted by atomic mass is 9.93. The number of nitrogens with zero attached hydrogens (tertiary/aromatic N) is 1. The van der Waals surface area contributed by atoms with Gasteiger partial charge in [-0.1, -0.05) is 0 Å². The van der Waals surface area contributed by atoms with Gasteiger partial charge in [0.05, 0.1) is 0 Å². The van der Waals surface area contributed by atoms with Crippen molar-refractivity contribution in [2.75, 3.05) is 13.2 Å². The molecule has 4 nitrogen and oxygen atoms in total. The van der Waals surface area contributed by atoms with Gasteiger partial charge in [0.1, 0.15) is 0 Å². The molecule has 0 aliphatic carbocycles. The summed E-state index contributed by atoms with van der Waals surface area (Å²) in [5.74, 6) is 0.592. The van der Waals surface area contributed by atoms with Gasteiger partial charge >= 0.3 is 0 Å². The minimum Gasteiger partial charge on any atom is -0.381 e. The van der Waals surface area contributed by atoms with E-state index in [4.69, 9.17) is 10.5 Å². The zero-order valence-electron chi connectivity index (χ0n) is 10.3. The number of hydrogen-bond acceptors (Lipinski definition) is 3. The van der Waals surface area contributed by atoms with Crippen molar-refractivity contribution < 1.29 is 9.53 Å². The van der Waals surface area contributed by atoms with E-state index in [1.165, 1.54) is 0 Å². The maximum atomic E-state index is 12.6. The highest BCUT2D eigenvalue weighted by Crippen LogP contribution is 2.37. The normalized spacial score (nSPS) is 38.4. The molecule has 0 spiro atoms. The minimum absolute atomic E-state index is 0.209. The number of rotatable bonds is 1. The number of ether oxygens (including phenoxy) is 1. The van der Waals surface area contributed by atoms with Gasteiger partial charge in [-0.25, -0.2) is 0 Å². The maximum absolute atomic E-state index is 12.6. The monoisotopic (exact) mass is 238 g/mol. The van der Waals surface area contributed by atoms with Crippen molar-refractivity contribution in [1.82, 2.24) is 4.90 Å². The van der Waals surface area contributed by atoms with Crippen molar-refractivity contribution in [2.24, 2.45) is 11.7 Å². The Morgan fingerprint density at radius 3 is 2.24 bits per heavy atom. The number of piperidine rings is 1. The number of amides is 1. The third-order valence-corrected chi connectivity index (χ3v) is 4.59. The van der Waals surface area contributed by atoms with Crippen LogP contribution in [0.3, 0.4) is 0 Å². The third kappa shape index (κ3) is 2.08. The van der Waals surface area contributed by atoms with Crippen molar-refractivity contribution in [3.63, 3.8) is 0 Å². The quantitative estimate of drug-likeness (QED) is 0.738. The second-order valence-corrected chi connectivity index (χ2v) is 5.75. The Kier molecular flexibility index (Phi) is 3.09. The van der Waals surface area contributed by atoms with Crippen molar-refractivity contribution >= 4 is 5.91 Å². The fraction of sp³-hybridized carbons (Fsp3) is 0.923. The Morgan fingerprint density at radius 1 is 1.06 bits per heavy atom. The summed E-state index contributed by atoms with van der Waals surface area (Å²) >= 11 is 0. The van der Waals surface area contributed by atoms with E-state index in [-0.39, 0.29) is 5.92 Å². The maximum Gasteiger partial charge on any atom is 0.226 e. The first-order valence-electron chi connectivity index (χ1n) is 6.91. The first-order valence-corrected chi connectivity index (χ1v) is 6.91. The number of carbonyl (C=O) groups is 1. The van der Waals surface area contributed by atoms with Crippen molar-refractivity contribution in [2.45, 2.75) is 56.7 Å². The summed E-state index contributed by atoms with van der Waals surface area (Å²) in [6.07, 6.45) is 6.14. The van der Waals surface area contributed by atoms with Crippen LogP contribution in [0.15, 0.2) is 0 Å². The molecule has 0 aromatic rings. The zero-order valence-corrected chi connectivity index (χ0v) is 10.3. The minimum atomic E-state index is 0.209. The average molecular weight is 238 g/mol. The lowest BCUT2D eigenvalue weighted by molar-refractivity contribution is -0.143. The Hall–Kier alpha value is -0.610. The van der Waals surface area contributed by atoms with E-state index in [0.29, 0.717) is 24.0 Å². The predicted octanol–water partition coefficient (Wildman–Crippen LogP) is 0.894. The molecule has 2 N–H and O–H groups in total. The van der Waals surface area contributed by atoms with Crippen LogP contribution < -0.4 is 5.73 Å². The summed E-state index contributed by atoms with van der Waals surface area (Å²) in [6.45, 7) is 1.50. The molecule has 2 atom stereocenters. The number of hydrogen-bond donors (Lipinski definition) is 1. The van der Waals surface area contributed by atoms with Gasteiger partial charge in [-0.15, -0.1) is 0 Å². The second kappa shape index (κ2) is 4.58. The summed E-state index contributed by atoms with van der Waals surface area (Å²) in [5, 5.41) is 0. The summed E-state index contributed by atoms with van der Waals surface area (Å²) in [7, 11) is 0. The highest BCUT2D eigenvalue weighted by molar-refractivity contribution is 5.80. The molecule has 3 rings (SSSR count). The number of nitrogens with two attached hydrogens (primary N) is 1. The Morgan fingerprint density at radius 2 is 1.65 bits per heavy atom. The van der Waals surface area contributed by atoms with E-state index in [1.54, 1.807) is 0 Å². The van der Waals surface area contributed by atoms with Crippen molar-refractivity contribution in [1.29, 1.82) is 0 Å². The molecule has 3 aliphatic rings. The topological polar surface area (TPSA) is 55.6 Å². The van der Waals surface area contributed by atoms with Gasteiger partial charge in [0.15, 0.2) is 0 Å². The summed E-state index contributed by atoms with van der Waals surface area (Å²) in [4.78, 5) is 14.7. The molecule has 0 aromatic heterocycles. The number of carbonyl (C=O) groups excluding carboxylic acids is 1. The van der Waals surface area contributed by atoms with E-state index < -0.39 is 0 Å². The summed E-state index contributed by atoms with van der Waals surface area (Å²) in [6, 6.07) is 1.17. The van der Waals surface area contributed by atoms with Gasteiger partial charge in [-0.05, 0) is 38.5 Å². The van der Waals surface area contributed by atoms with Gasteiger partial charge in [-0.3, -0.25) is 4.79 Å². The molecular weight excluding hydrogens is 216 g/mol. The molecule has 3 heterocycles. The lowest BCUT2D eigenvalue weighted by Crippen LogP contribution is -2.52. The Balaban J connectivity index is 1.69. The van der Waals surface area contributed by atoms with Gasteiger partial charge < -0.3 is 15.4 Å². The molecule has 4 heteroatoms. The molecule has 0 saturated carbocycles. The van der Waals surface area contributed by atoms with Gasteiger partial charge in [0, 0.05) is 37.3 Å². The van der Waals surface area contributed by atoms with Crippen LogP contribution in [0.4, 0.5) is 0 Å². The van der Waals surface area contributed by atoms with Crippen LogP contribution >= 0.6 is 0 Å². The van der Waals surface area contributed by atoms with Crippen LogP contribution in [0.2, 0.25) is 0 Å². The van der Waals surface area contributed by atoms with Crippen LogP contribution in [0.5, 0.6) is 0 Å². The molecule has 3 fully saturated rings. The van der Waals surface area contributed by atoms with Gasteiger partial charge in [0.25, 0.3) is 0 Å². The van der Waals surface area contributed by atoms with E-state index in [1.807, 2.05) is 0 Å². The summed E-state index contributed by atoms with van der Waals surface area (Å²) in [5.41, 5.74) is 6.04. The van der Waals surface area contributed by atoms with Crippen LogP contribution in [-0.4, -0.2) is 42.1 Å². The van der Waals surface area contributed by atoms with Gasteiger partial charge in [-0.2, -0.15) is 0 Å². The molecule has 3 saturated heterocycles. The van der Waals surface area contributed by atoms with Gasteiger partial charge in [0.2, 0.25) is 5.91 Å². The Bertz CT molecular complexity index is 288. The van der Waals surface area contributed by atoms with Crippen LogP contribution in [-0.2, 0) is 9.53 Å². The smallest absolute Gasteiger partial charge is 0.226 e. The molecule has 17 heavy (non-hydrogen) atoms. The second-order valence-electron chi connectivity index (χ2n) is 5.75. The molecule has 1 amide bonds. The van der Waals surface area contributed by atoms with E-state index in [9.17, 15) is 4.79 Å². The molecule has 2 bridgehead atoms. The molecule has 2 unspecified atom stereocenters. The molecule has 96 valence electrons. The van der Waals surface area contributed by atoms with Crippen LogP contribution in [0.25, 0.3) is 0 Å². The van der Waals surface area contributed by atoms with E-state index >= 15 is 0 Å². The third-order valence-electron chi connectivity index (χ3n) is 4.59. The molecular formula is C13H22N2O2. The van der Waals surface area contributed by atoms with E-state index in [2.05, 4.69) is 4.90 Å². The molecule has 0 radical (unpaired) electrons. The first-order chi connectivity index (χ1) is 8.25.